The van der Waals surface area contributed by atoms with Crippen molar-refractivity contribution in [3.05, 3.63) is 11.6 Å². The van der Waals surface area contributed by atoms with Gasteiger partial charge in [0, 0.05) is 0 Å². The molecule has 0 aromatic heterocycles. The van der Waals surface area contributed by atoms with Crippen molar-refractivity contribution in [3.63, 3.8) is 0 Å². The molecule has 0 bridgehead atoms. The van der Waals surface area contributed by atoms with E-state index < -0.39 is 0 Å². The van der Waals surface area contributed by atoms with Gasteiger partial charge in [-0.15, -0.1) is 23.5 Å². The van der Waals surface area contributed by atoms with Gasteiger partial charge >= 0.3 is 0 Å². The summed E-state index contributed by atoms with van der Waals surface area (Å²) in [6, 6.07) is 0. The number of hydrogen-bond donors (Lipinski definition) is 2. The first-order valence-electron chi connectivity index (χ1n) is 5.98. The van der Waals surface area contributed by atoms with Gasteiger partial charge in [-0.05, 0) is 29.9 Å². The van der Waals surface area contributed by atoms with Crippen molar-refractivity contribution in [3.8, 4) is 0 Å². The van der Waals surface area contributed by atoms with E-state index in [0.29, 0.717) is 0 Å². The fourth-order valence-electron chi connectivity index (χ4n) is 1.93. The molecule has 0 saturated carbocycles. The quantitative estimate of drug-likeness (QED) is 0.722. The van der Waals surface area contributed by atoms with Gasteiger partial charge in [-0.3, -0.25) is 0 Å². The summed E-state index contributed by atoms with van der Waals surface area (Å²) in [5.41, 5.74) is 1.01. The molecule has 16 heavy (non-hydrogen) atoms. The summed E-state index contributed by atoms with van der Waals surface area (Å²) in [5, 5.41) is 18.5. The Bertz CT molecular complexity index is 223. The molecule has 1 aliphatic rings. The van der Waals surface area contributed by atoms with Crippen LogP contribution in [0.4, 0.5) is 0 Å². The van der Waals surface area contributed by atoms with E-state index in [9.17, 15) is 5.11 Å². The van der Waals surface area contributed by atoms with Crippen LogP contribution in [-0.2, 0) is 0 Å². The fourth-order valence-corrected chi connectivity index (χ4v) is 5.42. The van der Waals surface area contributed by atoms with Crippen molar-refractivity contribution in [1.82, 2.24) is 0 Å². The molecule has 0 aliphatic carbocycles. The highest BCUT2D eigenvalue weighted by atomic mass is 32.2. The van der Waals surface area contributed by atoms with Crippen LogP contribution >= 0.6 is 23.5 Å². The first-order chi connectivity index (χ1) is 7.79. The van der Waals surface area contributed by atoms with Crippen LogP contribution in [0.15, 0.2) is 11.6 Å². The summed E-state index contributed by atoms with van der Waals surface area (Å²) >= 11 is 3.89. The van der Waals surface area contributed by atoms with Crippen LogP contribution in [0, 0.1) is 0 Å². The maximum Gasteiger partial charge on any atom is 0.0843 e. The van der Waals surface area contributed by atoms with Crippen LogP contribution in [-0.4, -0.2) is 39.0 Å². The van der Waals surface area contributed by atoms with Crippen molar-refractivity contribution in [2.75, 3.05) is 24.7 Å². The monoisotopic (exact) mass is 262 g/mol. The minimum Gasteiger partial charge on any atom is -0.392 e. The van der Waals surface area contributed by atoms with Gasteiger partial charge in [0.1, 0.15) is 0 Å². The second kappa shape index (κ2) is 7.64. The zero-order valence-corrected chi connectivity index (χ0v) is 11.6. The first kappa shape index (κ1) is 14.4. The molecule has 0 aromatic carbocycles. The second-order valence-electron chi connectivity index (χ2n) is 3.98. The fraction of sp³-hybridized carbons (Fsp3) is 0.833. The summed E-state index contributed by atoms with van der Waals surface area (Å²) in [4.78, 5) is 0. The van der Waals surface area contributed by atoms with Crippen LogP contribution in [0.3, 0.4) is 0 Å². The highest BCUT2D eigenvalue weighted by Crippen LogP contribution is 2.50. The van der Waals surface area contributed by atoms with E-state index in [0.717, 1.165) is 12.0 Å². The lowest BCUT2D eigenvalue weighted by Crippen LogP contribution is -2.29. The Morgan fingerprint density at radius 3 is 2.50 bits per heavy atom. The zero-order chi connectivity index (χ0) is 11.9. The predicted molar refractivity (Wildman–Crippen MR) is 74.0 cm³/mol. The van der Waals surface area contributed by atoms with Gasteiger partial charge in [0.2, 0.25) is 0 Å². The molecule has 0 unspecified atom stereocenters. The first-order valence-corrected chi connectivity index (χ1v) is 7.95. The topological polar surface area (TPSA) is 40.5 Å². The molecule has 4 heteroatoms. The normalized spacial score (nSPS) is 21.1. The molecule has 2 nitrogen and oxygen atoms in total. The third-order valence-corrected chi connectivity index (χ3v) is 6.37. The Hall–Kier alpha value is 0.360. The molecule has 1 aliphatic heterocycles. The number of unbranched alkanes of at least 4 members (excludes halogenated alkanes) is 1. The van der Waals surface area contributed by atoms with Gasteiger partial charge in [-0.1, -0.05) is 25.8 Å². The van der Waals surface area contributed by atoms with Gasteiger partial charge in [0.25, 0.3) is 0 Å². The molecular formula is C12H22O2S2. The SMILES string of the molecule is CCCCC1(/C(=C/CO)CO)SCCCS1. The van der Waals surface area contributed by atoms with Crippen LogP contribution in [0.25, 0.3) is 0 Å². The minimum atomic E-state index is 0.0326. The van der Waals surface area contributed by atoms with Crippen molar-refractivity contribution in [2.45, 2.75) is 36.7 Å². The molecule has 0 spiro atoms. The molecule has 0 atom stereocenters. The van der Waals surface area contributed by atoms with Gasteiger partial charge in [0.05, 0.1) is 17.3 Å². The van der Waals surface area contributed by atoms with Crippen LogP contribution in [0.2, 0.25) is 0 Å². The highest BCUT2D eigenvalue weighted by molar-refractivity contribution is 8.19. The van der Waals surface area contributed by atoms with E-state index >= 15 is 0 Å². The number of thioether (sulfide) groups is 2. The maximum absolute atomic E-state index is 9.47. The Kier molecular flexibility index (Phi) is 6.89. The Morgan fingerprint density at radius 1 is 1.31 bits per heavy atom. The van der Waals surface area contributed by atoms with E-state index in [1.807, 2.05) is 23.5 Å². The summed E-state index contributed by atoms with van der Waals surface area (Å²) in [5.74, 6) is 2.33. The summed E-state index contributed by atoms with van der Waals surface area (Å²) in [7, 11) is 0. The van der Waals surface area contributed by atoms with E-state index in [4.69, 9.17) is 5.11 Å². The molecule has 1 heterocycles. The van der Waals surface area contributed by atoms with E-state index in [1.54, 1.807) is 6.08 Å². The Labute approximate surface area is 107 Å². The van der Waals surface area contributed by atoms with Gasteiger partial charge in [-0.25, -0.2) is 0 Å². The average molecular weight is 262 g/mol. The standard InChI is InChI=1S/C12H22O2S2/c1-2-3-6-12(11(10-14)5-7-13)15-8-4-9-16-12/h5,13-14H,2-4,6-10H2,1H3/b11-5+. The van der Waals surface area contributed by atoms with E-state index in [2.05, 4.69) is 6.92 Å². The van der Waals surface area contributed by atoms with E-state index in [1.165, 1.54) is 30.8 Å². The van der Waals surface area contributed by atoms with Gasteiger partial charge in [0.15, 0.2) is 0 Å². The van der Waals surface area contributed by atoms with Crippen LogP contribution in [0.1, 0.15) is 32.6 Å². The number of rotatable bonds is 6. The molecular weight excluding hydrogens is 240 g/mol. The molecule has 0 aromatic rings. The predicted octanol–water partition coefficient (Wildman–Crippen LogP) is 2.65. The largest absolute Gasteiger partial charge is 0.392 e. The molecule has 1 saturated heterocycles. The maximum atomic E-state index is 9.47. The minimum absolute atomic E-state index is 0.0326. The van der Waals surface area contributed by atoms with Gasteiger partial charge in [-0.2, -0.15) is 0 Å². The highest BCUT2D eigenvalue weighted by Gasteiger charge is 2.36. The number of aliphatic hydroxyl groups is 2. The van der Waals surface area contributed by atoms with Crippen LogP contribution < -0.4 is 0 Å². The number of hydrogen-bond acceptors (Lipinski definition) is 4. The summed E-state index contributed by atoms with van der Waals surface area (Å²) in [6.45, 7) is 2.30. The third kappa shape index (κ3) is 3.69. The smallest absolute Gasteiger partial charge is 0.0843 e. The van der Waals surface area contributed by atoms with Crippen molar-refractivity contribution in [2.24, 2.45) is 0 Å². The Balaban J connectivity index is 2.78. The van der Waals surface area contributed by atoms with Crippen molar-refractivity contribution < 1.29 is 10.2 Å². The zero-order valence-electron chi connectivity index (χ0n) is 9.95. The van der Waals surface area contributed by atoms with Crippen molar-refractivity contribution in [1.29, 1.82) is 0 Å². The molecule has 94 valence electrons. The number of aliphatic hydroxyl groups excluding tert-OH is 2. The second-order valence-corrected chi connectivity index (χ2v) is 7.02. The summed E-state index contributed by atoms with van der Waals surface area (Å²) < 4.78 is 0.0335. The molecule has 0 radical (unpaired) electrons. The van der Waals surface area contributed by atoms with E-state index in [-0.39, 0.29) is 17.3 Å². The molecule has 0 amide bonds. The third-order valence-electron chi connectivity index (χ3n) is 2.82. The van der Waals surface area contributed by atoms with Crippen molar-refractivity contribution >= 4 is 23.5 Å². The summed E-state index contributed by atoms with van der Waals surface area (Å²) in [6.07, 6.45) is 6.51. The lowest BCUT2D eigenvalue weighted by atomic mass is 10.1. The Morgan fingerprint density at radius 2 is 2.00 bits per heavy atom. The van der Waals surface area contributed by atoms with Gasteiger partial charge < -0.3 is 10.2 Å². The lowest BCUT2D eigenvalue weighted by Gasteiger charge is -2.38. The molecule has 2 N–H and O–H groups in total. The van der Waals surface area contributed by atoms with Crippen LogP contribution in [0.5, 0.6) is 0 Å². The lowest BCUT2D eigenvalue weighted by molar-refractivity contribution is 0.313. The average Bonchev–Trinajstić information content (AvgIpc) is 2.34. The molecule has 1 fully saturated rings. The molecule has 1 rings (SSSR count).